The lowest BCUT2D eigenvalue weighted by Gasteiger charge is -2.38. The van der Waals surface area contributed by atoms with Gasteiger partial charge in [-0.25, -0.2) is 0 Å². The van der Waals surface area contributed by atoms with Gasteiger partial charge in [-0.15, -0.1) is 0 Å². The molecule has 0 aromatic heterocycles. The summed E-state index contributed by atoms with van der Waals surface area (Å²) in [4.78, 5) is 14.8. The summed E-state index contributed by atoms with van der Waals surface area (Å²) in [5, 5.41) is 12.2. The third-order valence-electron chi connectivity index (χ3n) is 4.45. The fourth-order valence-corrected chi connectivity index (χ4v) is 3.31. The van der Waals surface area contributed by atoms with Crippen molar-refractivity contribution >= 4 is 11.7 Å². The summed E-state index contributed by atoms with van der Waals surface area (Å²) in [5.41, 5.74) is 5.08. The minimum atomic E-state index is -0.808. The smallest absolute Gasteiger partial charge is 0.236 e. The van der Waals surface area contributed by atoms with Crippen LogP contribution in [0.5, 0.6) is 0 Å². The van der Waals surface area contributed by atoms with Gasteiger partial charge in [-0.3, -0.25) is 4.79 Å². The van der Waals surface area contributed by atoms with Crippen LogP contribution >= 0.6 is 0 Å². The van der Waals surface area contributed by atoms with Crippen molar-refractivity contribution in [1.29, 1.82) is 0 Å². The molecule has 1 atom stereocenters. The largest absolute Gasteiger partial charge is 0.409 e. The number of carbonyl (C=O) groups is 1. The number of nitrogens with two attached hydrogens (primary N) is 1. The topological polar surface area (TPSA) is 88.2 Å². The van der Waals surface area contributed by atoms with Gasteiger partial charge in [0.1, 0.15) is 5.41 Å². The van der Waals surface area contributed by atoms with Crippen LogP contribution in [0.1, 0.15) is 45.4 Å². The van der Waals surface area contributed by atoms with Crippen molar-refractivity contribution in [3.8, 4) is 0 Å². The van der Waals surface area contributed by atoms with Gasteiger partial charge in [-0.1, -0.05) is 24.4 Å². The lowest BCUT2D eigenvalue weighted by molar-refractivity contribution is -0.140. The second-order valence-corrected chi connectivity index (χ2v) is 5.91. The highest BCUT2D eigenvalue weighted by molar-refractivity contribution is 6.06. The highest BCUT2D eigenvalue weighted by atomic mass is 16.5. The molecule has 1 saturated heterocycles. The van der Waals surface area contributed by atoms with E-state index in [9.17, 15) is 4.79 Å². The van der Waals surface area contributed by atoms with Gasteiger partial charge in [0, 0.05) is 19.7 Å². The number of nitrogens with zero attached hydrogens (tertiary/aromatic N) is 2. The molecular formula is C14H25N3O3. The molecule has 2 fully saturated rings. The highest BCUT2D eigenvalue weighted by Crippen LogP contribution is 2.38. The first-order chi connectivity index (χ1) is 9.60. The van der Waals surface area contributed by atoms with Crippen LogP contribution in [0.15, 0.2) is 5.16 Å². The van der Waals surface area contributed by atoms with Crippen LogP contribution in [0.4, 0.5) is 0 Å². The quantitative estimate of drug-likeness (QED) is 0.346. The molecule has 3 N–H and O–H groups in total. The molecule has 114 valence electrons. The third-order valence-corrected chi connectivity index (χ3v) is 4.45. The predicted octanol–water partition coefficient (Wildman–Crippen LogP) is 1.32. The van der Waals surface area contributed by atoms with E-state index in [0.29, 0.717) is 32.5 Å². The van der Waals surface area contributed by atoms with Crippen LogP contribution in [-0.4, -0.2) is 47.7 Å². The number of amidine groups is 1. The molecule has 0 spiro atoms. The van der Waals surface area contributed by atoms with Gasteiger partial charge in [0.05, 0.1) is 6.10 Å². The van der Waals surface area contributed by atoms with E-state index in [-0.39, 0.29) is 17.8 Å². The summed E-state index contributed by atoms with van der Waals surface area (Å²) in [6.45, 7) is 3.92. The first-order valence-electron chi connectivity index (χ1n) is 7.49. The average molecular weight is 283 g/mol. The minimum absolute atomic E-state index is 0.00449. The molecule has 0 bridgehead atoms. The van der Waals surface area contributed by atoms with Crippen molar-refractivity contribution in [3.05, 3.63) is 0 Å². The van der Waals surface area contributed by atoms with Crippen molar-refractivity contribution < 1.29 is 14.7 Å². The summed E-state index contributed by atoms with van der Waals surface area (Å²) in [5.74, 6) is 0.0740. The maximum atomic E-state index is 13.0. The molecule has 6 heteroatoms. The number of hydrogen-bond acceptors (Lipinski definition) is 4. The third kappa shape index (κ3) is 2.90. The SMILES string of the molecule is CC1CN(C(=O)C2(C(N)=NO)CCCCC2)CCCO1. The van der Waals surface area contributed by atoms with E-state index in [1.54, 1.807) is 0 Å². The number of oxime groups is 1. The van der Waals surface area contributed by atoms with Crippen LogP contribution in [0.3, 0.4) is 0 Å². The van der Waals surface area contributed by atoms with Crippen molar-refractivity contribution in [2.45, 2.75) is 51.6 Å². The van der Waals surface area contributed by atoms with Crippen LogP contribution in [0, 0.1) is 5.41 Å². The second kappa shape index (κ2) is 6.43. The fraction of sp³-hybridized carbons (Fsp3) is 0.857. The van der Waals surface area contributed by atoms with E-state index in [2.05, 4.69) is 5.16 Å². The van der Waals surface area contributed by atoms with Crippen molar-refractivity contribution in [2.24, 2.45) is 16.3 Å². The first-order valence-corrected chi connectivity index (χ1v) is 7.49. The molecule has 1 aliphatic heterocycles. The molecule has 2 aliphatic rings. The molecule has 1 aliphatic carbocycles. The van der Waals surface area contributed by atoms with E-state index in [4.69, 9.17) is 15.7 Å². The van der Waals surface area contributed by atoms with Crippen molar-refractivity contribution in [3.63, 3.8) is 0 Å². The minimum Gasteiger partial charge on any atom is -0.409 e. The Balaban J connectivity index is 2.21. The Labute approximate surface area is 119 Å². The first kappa shape index (κ1) is 15.1. The number of carbonyl (C=O) groups excluding carboxylic acids is 1. The Morgan fingerprint density at radius 3 is 2.70 bits per heavy atom. The van der Waals surface area contributed by atoms with Crippen LogP contribution in [0.25, 0.3) is 0 Å². The standard InChI is InChI=1S/C14H25N3O3/c1-11-10-17(8-5-9-20-11)13(18)14(12(15)16-19)6-3-2-4-7-14/h11,19H,2-10H2,1H3,(H2,15,16). The lowest BCUT2D eigenvalue weighted by Crippen LogP contribution is -2.53. The van der Waals surface area contributed by atoms with E-state index in [1.165, 1.54) is 0 Å². The highest BCUT2D eigenvalue weighted by Gasteiger charge is 2.46. The Morgan fingerprint density at radius 1 is 1.35 bits per heavy atom. The summed E-state index contributed by atoms with van der Waals surface area (Å²) in [7, 11) is 0. The van der Waals surface area contributed by atoms with Gasteiger partial charge in [0.2, 0.25) is 5.91 Å². The molecule has 0 aromatic rings. The van der Waals surface area contributed by atoms with E-state index >= 15 is 0 Å². The van der Waals surface area contributed by atoms with Crippen LogP contribution in [-0.2, 0) is 9.53 Å². The number of hydrogen-bond donors (Lipinski definition) is 2. The molecule has 1 saturated carbocycles. The average Bonchev–Trinajstić information content (AvgIpc) is 2.70. The zero-order valence-electron chi connectivity index (χ0n) is 12.2. The molecule has 1 amide bonds. The van der Waals surface area contributed by atoms with Gasteiger partial charge < -0.3 is 20.6 Å². The molecule has 6 nitrogen and oxygen atoms in total. The Hall–Kier alpha value is -1.30. The molecule has 20 heavy (non-hydrogen) atoms. The van der Waals surface area contributed by atoms with Gasteiger partial charge in [-0.05, 0) is 26.2 Å². The Morgan fingerprint density at radius 2 is 2.05 bits per heavy atom. The van der Waals surface area contributed by atoms with Gasteiger partial charge >= 0.3 is 0 Å². The zero-order valence-corrected chi connectivity index (χ0v) is 12.2. The van der Waals surface area contributed by atoms with Gasteiger partial charge in [-0.2, -0.15) is 0 Å². The number of amides is 1. The van der Waals surface area contributed by atoms with Crippen molar-refractivity contribution in [2.75, 3.05) is 19.7 Å². The maximum Gasteiger partial charge on any atom is 0.236 e. The van der Waals surface area contributed by atoms with Crippen LogP contribution < -0.4 is 5.73 Å². The molecule has 0 aromatic carbocycles. The van der Waals surface area contributed by atoms with E-state index in [0.717, 1.165) is 25.7 Å². The normalized spacial score (nSPS) is 27.9. The number of ether oxygens (including phenoxy) is 1. The van der Waals surface area contributed by atoms with E-state index < -0.39 is 5.41 Å². The molecule has 2 rings (SSSR count). The van der Waals surface area contributed by atoms with E-state index in [1.807, 2.05) is 11.8 Å². The Kier molecular flexibility index (Phi) is 4.86. The van der Waals surface area contributed by atoms with Gasteiger partial charge in [0.15, 0.2) is 5.84 Å². The monoisotopic (exact) mass is 283 g/mol. The van der Waals surface area contributed by atoms with Gasteiger partial charge in [0.25, 0.3) is 0 Å². The summed E-state index contributed by atoms with van der Waals surface area (Å²) in [6, 6.07) is 0. The zero-order chi connectivity index (χ0) is 14.6. The predicted molar refractivity (Wildman–Crippen MR) is 75.5 cm³/mol. The van der Waals surface area contributed by atoms with Crippen molar-refractivity contribution in [1.82, 2.24) is 4.90 Å². The Bertz CT molecular complexity index is 378. The summed E-state index contributed by atoms with van der Waals surface area (Å²) >= 11 is 0. The fourth-order valence-electron chi connectivity index (χ4n) is 3.31. The van der Waals surface area contributed by atoms with Crippen LogP contribution in [0.2, 0.25) is 0 Å². The lowest BCUT2D eigenvalue weighted by atomic mass is 9.72. The summed E-state index contributed by atoms with van der Waals surface area (Å²) < 4.78 is 5.59. The summed E-state index contributed by atoms with van der Waals surface area (Å²) in [6.07, 6.45) is 5.22. The molecule has 0 radical (unpaired) electrons. The molecule has 1 unspecified atom stereocenters. The maximum absolute atomic E-state index is 13.0. The molecular weight excluding hydrogens is 258 g/mol. The second-order valence-electron chi connectivity index (χ2n) is 5.91. The number of rotatable bonds is 2. The molecule has 1 heterocycles.